The van der Waals surface area contributed by atoms with Gasteiger partial charge in [-0.3, -0.25) is 0 Å². The molecular weight excluding hydrogens is 473 g/mol. The Labute approximate surface area is 207 Å². The zero-order valence-corrected chi connectivity index (χ0v) is 20.2. The maximum absolute atomic E-state index is 15.5. The van der Waals surface area contributed by atoms with Gasteiger partial charge in [0.1, 0.15) is 17.8 Å². The number of nitrogens with zero attached hydrogens (tertiary/aromatic N) is 7. The summed E-state index contributed by atoms with van der Waals surface area (Å²) in [5.74, 6) is 0.603. The second-order valence-electron chi connectivity index (χ2n) is 8.56. The number of hydrogen-bond acceptors (Lipinski definition) is 10. The van der Waals surface area contributed by atoms with Crippen LogP contribution in [-0.2, 0) is 4.74 Å². The molecule has 3 aromatic rings. The van der Waals surface area contributed by atoms with E-state index in [2.05, 4.69) is 47.0 Å². The number of hydrogen-bond donors (Lipinski definition) is 2. The number of ether oxygens (including phenoxy) is 1. The van der Waals surface area contributed by atoms with Crippen molar-refractivity contribution < 1.29 is 9.13 Å². The van der Waals surface area contributed by atoms with E-state index >= 15 is 4.39 Å². The fourth-order valence-corrected chi connectivity index (χ4v) is 4.31. The minimum Gasteiger partial charge on any atom is -0.393 e. The number of rotatable bonds is 5. The Kier molecular flexibility index (Phi) is 6.80. The summed E-state index contributed by atoms with van der Waals surface area (Å²) in [4.78, 5) is 23.5. The van der Waals surface area contributed by atoms with Gasteiger partial charge in [-0.25, -0.2) is 24.3 Å². The van der Waals surface area contributed by atoms with Crippen LogP contribution in [0.15, 0.2) is 30.9 Å². The minimum atomic E-state index is -0.360. The smallest absolute Gasteiger partial charge is 0.225 e. The average Bonchev–Trinajstić information content (AvgIpc) is 2.89. The molecule has 0 radical (unpaired) electrons. The van der Waals surface area contributed by atoms with Crippen LogP contribution >= 0.6 is 11.6 Å². The molecule has 4 heterocycles. The highest BCUT2D eigenvalue weighted by Crippen LogP contribution is 2.37. The van der Waals surface area contributed by atoms with E-state index in [9.17, 15) is 0 Å². The van der Waals surface area contributed by atoms with Gasteiger partial charge in [0.15, 0.2) is 11.0 Å². The quantitative estimate of drug-likeness (QED) is 0.508. The van der Waals surface area contributed by atoms with Gasteiger partial charge in [-0.15, -0.1) is 0 Å². The zero-order valence-electron chi connectivity index (χ0n) is 19.4. The first kappa shape index (κ1) is 23.5. The van der Waals surface area contributed by atoms with Crippen LogP contribution in [-0.4, -0.2) is 84.4 Å². The van der Waals surface area contributed by atoms with E-state index in [0.29, 0.717) is 41.8 Å². The van der Waals surface area contributed by atoms with E-state index in [1.165, 1.54) is 12.4 Å². The molecule has 0 spiro atoms. The summed E-state index contributed by atoms with van der Waals surface area (Å²) in [6.07, 6.45) is 4.62. The van der Waals surface area contributed by atoms with Gasteiger partial charge in [-0.05, 0) is 19.2 Å². The molecule has 0 unspecified atom stereocenters. The van der Waals surface area contributed by atoms with Crippen LogP contribution in [0.1, 0.15) is 0 Å². The zero-order chi connectivity index (χ0) is 24.4. The third kappa shape index (κ3) is 5.07. The third-order valence-electron chi connectivity index (χ3n) is 6.26. The number of piperazine rings is 1. The Morgan fingerprint density at radius 1 is 0.971 bits per heavy atom. The van der Waals surface area contributed by atoms with Crippen LogP contribution in [0.2, 0.25) is 5.15 Å². The molecule has 2 aliphatic heterocycles. The molecule has 0 aliphatic carbocycles. The van der Waals surface area contributed by atoms with Gasteiger partial charge in [-0.2, -0.15) is 0 Å². The van der Waals surface area contributed by atoms with Gasteiger partial charge in [0.05, 0.1) is 24.6 Å². The Morgan fingerprint density at radius 3 is 2.40 bits per heavy atom. The molecule has 35 heavy (non-hydrogen) atoms. The monoisotopic (exact) mass is 499 g/mol. The second kappa shape index (κ2) is 10.1. The second-order valence-corrected chi connectivity index (χ2v) is 8.92. The summed E-state index contributed by atoms with van der Waals surface area (Å²) in [5.41, 5.74) is 8.64. The lowest BCUT2D eigenvalue weighted by Crippen LogP contribution is -2.44. The molecular formula is C23H27ClFN9O. The number of anilines is 5. The Morgan fingerprint density at radius 2 is 1.69 bits per heavy atom. The van der Waals surface area contributed by atoms with Gasteiger partial charge >= 0.3 is 0 Å². The number of morpholine rings is 1. The molecule has 2 aromatic heterocycles. The maximum atomic E-state index is 15.5. The average molecular weight is 500 g/mol. The summed E-state index contributed by atoms with van der Waals surface area (Å²) in [6.45, 7) is 6.01. The minimum absolute atomic E-state index is 0.151. The first-order valence-electron chi connectivity index (χ1n) is 11.4. The molecule has 0 saturated carbocycles. The Bertz CT molecular complexity index is 1180. The van der Waals surface area contributed by atoms with Crippen molar-refractivity contribution in [1.82, 2.24) is 24.8 Å². The van der Waals surface area contributed by atoms with Gasteiger partial charge in [0, 0.05) is 62.8 Å². The summed E-state index contributed by atoms with van der Waals surface area (Å²) >= 11 is 6.10. The molecule has 184 valence electrons. The molecule has 12 heteroatoms. The summed E-state index contributed by atoms with van der Waals surface area (Å²) < 4.78 is 20.9. The van der Waals surface area contributed by atoms with Gasteiger partial charge in [-0.1, -0.05) is 11.6 Å². The molecule has 0 atom stereocenters. The van der Waals surface area contributed by atoms with Crippen LogP contribution in [0.5, 0.6) is 0 Å². The fourth-order valence-electron chi connectivity index (χ4n) is 4.18. The molecule has 10 nitrogen and oxygen atoms in total. The van der Waals surface area contributed by atoms with E-state index < -0.39 is 0 Å². The SMILES string of the molecule is CN1CCN(c2cc(F)c(-c3cnc(N4CCOCC4)nc3)cc2Nc2ncnc(Cl)c2N)CC1. The summed E-state index contributed by atoms with van der Waals surface area (Å²) in [7, 11) is 2.07. The van der Waals surface area contributed by atoms with Crippen molar-refractivity contribution in [2.75, 3.05) is 80.4 Å². The molecule has 0 bridgehead atoms. The highest BCUT2D eigenvalue weighted by Gasteiger charge is 2.22. The van der Waals surface area contributed by atoms with Gasteiger partial charge in [0.2, 0.25) is 5.95 Å². The first-order chi connectivity index (χ1) is 17.0. The largest absolute Gasteiger partial charge is 0.393 e. The van der Waals surface area contributed by atoms with Crippen LogP contribution in [0.3, 0.4) is 0 Å². The van der Waals surface area contributed by atoms with Crippen LogP contribution in [0.4, 0.5) is 33.2 Å². The van der Waals surface area contributed by atoms with Crippen molar-refractivity contribution in [3.05, 3.63) is 41.8 Å². The highest BCUT2D eigenvalue weighted by atomic mass is 35.5. The Hall–Kier alpha value is -3.28. The normalized spacial score (nSPS) is 17.0. The van der Waals surface area contributed by atoms with Crippen molar-refractivity contribution in [2.24, 2.45) is 0 Å². The number of nitrogen functional groups attached to an aromatic ring is 1. The van der Waals surface area contributed by atoms with Gasteiger partial charge < -0.3 is 30.5 Å². The van der Waals surface area contributed by atoms with Crippen molar-refractivity contribution in [2.45, 2.75) is 0 Å². The predicted molar refractivity (Wildman–Crippen MR) is 135 cm³/mol. The summed E-state index contributed by atoms with van der Waals surface area (Å²) in [6, 6.07) is 3.28. The lowest BCUT2D eigenvalue weighted by molar-refractivity contribution is 0.122. The Balaban J connectivity index is 1.51. The number of likely N-dealkylation sites (N-methyl/N-ethyl adjacent to an activating group) is 1. The lowest BCUT2D eigenvalue weighted by Gasteiger charge is -2.35. The molecule has 0 amide bonds. The van der Waals surface area contributed by atoms with E-state index in [-0.39, 0.29) is 16.7 Å². The number of halogens is 2. The van der Waals surface area contributed by atoms with E-state index in [0.717, 1.165) is 45.0 Å². The molecule has 1 aromatic carbocycles. The molecule has 2 fully saturated rings. The molecule has 2 aliphatic rings. The maximum Gasteiger partial charge on any atom is 0.225 e. The van der Waals surface area contributed by atoms with Gasteiger partial charge in [0.25, 0.3) is 0 Å². The molecule has 2 saturated heterocycles. The standard InChI is InChI=1S/C23H27ClFN9O/c1-32-2-4-33(5-3-32)19-11-17(25)16(10-18(19)31-22-20(26)21(24)29-14-30-22)15-12-27-23(28-13-15)34-6-8-35-9-7-34/h10-14H,2-9,26H2,1H3,(H,29,30,31). The van der Waals surface area contributed by atoms with E-state index in [1.54, 1.807) is 18.5 Å². The van der Waals surface area contributed by atoms with Crippen LogP contribution < -0.4 is 20.9 Å². The fraction of sp³-hybridized carbons (Fsp3) is 0.391. The van der Waals surface area contributed by atoms with Crippen molar-refractivity contribution in [3.8, 4) is 11.1 Å². The molecule has 3 N–H and O–H groups in total. The predicted octanol–water partition coefficient (Wildman–Crippen LogP) is 2.64. The van der Waals surface area contributed by atoms with Crippen LogP contribution in [0.25, 0.3) is 11.1 Å². The molecule has 5 rings (SSSR count). The number of nitrogens with one attached hydrogen (secondary N) is 1. The van der Waals surface area contributed by atoms with Crippen molar-refractivity contribution in [3.63, 3.8) is 0 Å². The first-order valence-corrected chi connectivity index (χ1v) is 11.8. The van der Waals surface area contributed by atoms with E-state index in [4.69, 9.17) is 22.1 Å². The number of benzene rings is 1. The number of aromatic nitrogens is 4. The number of nitrogens with two attached hydrogens (primary N) is 1. The lowest BCUT2D eigenvalue weighted by atomic mass is 10.1. The van der Waals surface area contributed by atoms with Crippen LogP contribution in [0, 0.1) is 5.82 Å². The third-order valence-corrected chi connectivity index (χ3v) is 6.56. The van der Waals surface area contributed by atoms with E-state index in [1.807, 2.05) is 0 Å². The van der Waals surface area contributed by atoms with Crippen molar-refractivity contribution in [1.29, 1.82) is 0 Å². The summed E-state index contributed by atoms with van der Waals surface area (Å²) in [5, 5.41) is 3.40. The topological polar surface area (TPSA) is 109 Å². The van der Waals surface area contributed by atoms with Crippen molar-refractivity contribution >= 4 is 40.4 Å². The highest BCUT2D eigenvalue weighted by molar-refractivity contribution is 6.32.